The maximum atomic E-state index is 13.8. The fourth-order valence-corrected chi connectivity index (χ4v) is 6.32. The second-order valence-electron chi connectivity index (χ2n) is 11.7. The summed E-state index contributed by atoms with van der Waals surface area (Å²) in [6, 6.07) is 16.2. The van der Waals surface area contributed by atoms with Crippen molar-refractivity contribution in [3.8, 4) is 0 Å². The van der Waals surface area contributed by atoms with E-state index in [0.29, 0.717) is 17.7 Å². The molecule has 0 bridgehead atoms. The van der Waals surface area contributed by atoms with Crippen LogP contribution in [0.15, 0.2) is 60.8 Å². The first-order chi connectivity index (χ1) is 20.0. The van der Waals surface area contributed by atoms with Crippen LogP contribution in [0, 0.1) is 17.3 Å². The summed E-state index contributed by atoms with van der Waals surface area (Å²) in [7, 11) is 0. The largest absolute Gasteiger partial charge is 0.419 e. The quantitative estimate of drug-likeness (QED) is 0.218. The third kappa shape index (κ3) is 6.93. The van der Waals surface area contributed by atoms with Crippen LogP contribution in [-0.4, -0.2) is 27.0 Å². The molecule has 2 fully saturated rings. The van der Waals surface area contributed by atoms with E-state index in [4.69, 9.17) is 4.74 Å². The van der Waals surface area contributed by atoms with Gasteiger partial charge < -0.3 is 20.5 Å². The molecule has 0 radical (unpaired) electrons. The summed E-state index contributed by atoms with van der Waals surface area (Å²) in [6.07, 6.45) is -0.559. The molecule has 1 heterocycles. The predicted octanol–water partition coefficient (Wildman–Crippen LogP) is 6.71. The van der Waals surface area contributed by atoms with Gasteiger partial charge in [0, 0.05) is 29.4 Å². The predicted molar refractivity (Wildman–Crippen MR) is 152 cm³/mol. The smallest absolute Gasteiger partial charge is 0.364 e. The highest BCUT2D eigenvalue weighted by Gasteiger charge is 2.62. The highest BCUT2D eigenvalue weighted by molar-refractivity contribution is 5.80. The normalized spacial score (nSPS) is 22.4. The molecule has 2 aromatic carbocycles. The van der Waals surface area contributed by atoms with Crippen LogP contribution in [0.2, 0.25) is 0 Å². The number of carbonyl (C=O) groups excluding carboxylic acids is 1. The Bertz CT molecular complexity index is 1370. The van der Waals surface area contributed by atoms with Crippen LogP contribution in [0.1, 0.15) is 74.6 Å². The van der Waals surface area contributed by atoms with Gasteiger partial charge in [-0.25, -0.2) is 9.97 Å². The number of nitrogens with one attached hydrogen (secondary N) is 2. The van der Waals surface area contributed by atoms with Crippen LogP contribution < -0.4 is 10.6 Å². The van der Waals surface area contributed by atoms with Gasteiger partial charge in [0.1, 0.15) is 0 Å². The fraction of sp³-hybridized carbons (Fsp3) is 0.469. The zero-order chi connectivity index (χ0) is 29.9. The second-order valence-corrected chi connectivity index (χ2v) is 11.7. The summed E-state index contributed by atoms with van der Waals surface area (Å²) < 4.78 is 47.0. The summed E-state index contributed by atoms with van der Waals surface area (Å²) in [6.45, 7) is 4.11. The third-order valence-electron chi connectivity index (χ3n) is 8.46. The van der Waals surface area contributed by atoms with Crippen LogP contribution >= 0.6 is 0 Å². The Labute approximate surface area is 243 Å². The van der Waals surface area contributed by atoms with E-state index in [1.54, 1.807) is 24.3 Å². The SMILES string of the molecule is CC(C)NC(=O)[C@H]1CCCC12C[C@@H]2CCc1nc(Nc2ccc(C(O)OCc3ccccc3)cc2)ncc1C(F)(F)F. The molecule has 1 aromatic heterocycles. The van der Waals surface area contributed by atoms with E-state index >= 15 is 0 Å². The van der Waals surface area contributed by atoms with Gasteiger partial charge in [-0.1, -0.05) is 48.9 Å². The summed E-state index contributed by atoms with van der Waals surface area (Å²) in [5.74, 6) is 0.265. The van der Waals surface area contributed by atoms with E-state index in [1.807, 2.05) is 44.2 Å². The molecule has 0 saturated heterocycles. The zero-order valence-corrected chi connectivity index (χ0v) is 23.8. The number of aliphatic hydroxyl groups excluding tert-OH is 1. The number of amides is 1. The first-order valence-electron chi connectivity index (χ1n) is 14.5. The Balaban J connectivity index is 1.22. The maximum absolute atomic E-state index is 13.8. The Morgan fingerprint density at radius 2 is 1.88 bits per heavy atom. The highest BCUT2D eigenvalue weighted by Crippen LogP contribution is 2.67. The summed E-state index contributed by atoms with van der Waals surface area (Å²) in [5.41, 5.74) is 1.05. The highest BCUT2D eigenvalue weighted by atomic mass is 19.4. The van der Waals surface area contributed by atoms with Gasteiger partial charge in [-0.2, -0.15) is 13.2 Å². The number of anilines is 2. The Morgan fingerprint density at radius 1 is 1.14 bits per heavy atom. The standard InChI is InChI=1S/C32H37F3N4O3/c1-20(2)37-28(40)25-9-6-16-31(25)17-23(31)12-15-27-26(32(33,34)35)18-36-30(39-27)38-24-13-10-22(11-14-24)29(41)42-19-21-7-4-3-5-8-21/h3-5,7-8,10-11,13-14,18,20,23,25,29,41H,6,9,12,15-17,19H2,1-2H3,(H,37,40)(H,36,38,39)/t23-,25+,29?,31?/m0/s1. The van der Waals surface area contributed by atoms with Gasteiger partial charge in [0.25, 0.3) is 0 Å². The summed E-state index contributed by atoms with van der Waals surface area (Å²) in [4.78, 5) is 21.0. The van der Waals surface area contributed by atoms with Gasteiger partial charge >= 0.3 is 6.18 Å². The van der Waals surface area contributed by atoms with Crippen molar-refractivity contribution < 1.29 is 27.8 Å². The molecule has 2 unspecified atom stereocenters. The van der Waals surface area contributed by atoms with Crippen LogP contribution in [0.25, 0.3) is 0 Å². The molecule has 1 amide bonds. The van der Waals surface area contributed by atoms with Crippen molar-refractivity contribution in [1.82, 2.24) is 15.3 Å². The molecule has 42 heavy (non-hydrogen) atoms. The number of hydrogen-bond donors (Lipinski definition) is 3. The molecule has 10 heteroatoms. The number of rotatable bonds is 11. The van der Waals surface area contributed by atoms with E-state index in [9.17, 15) is 23.1 Å². The van der Waals surface area contributed by atoms with Crippen LogP contribution in [-0.2, 0) is 28.7 Å². The molecule has 4 atom stereocenters. The number of halogens is 3. The van der Waals surface area contributed by atoms with E-state index in [1.165, 1.54) is 0 Å². The number of aryl methyl sites for hydroxylation is 1. The number of aromatic nitrogens is 2. The molecule has 2 aliphatic carbocycles. The lowest BCUT2D eigenvalue weighted by Crippen LogP contribution is -2.38. The first-order valence-corrected chi connectivity index (χ1v) is 14.5. The molecular formula is C32H37F3N4O3. The van der Waals surface area contributed by atoms with Crippen LogP contribution in [0.5, 0.6) is 0 Å². The van der Waals surface area contributed by atoms with Gasteiger partial charge in [-0.3, -0.25) is 4.79 Å². The molecule has 3 N–H and O–H groups in total. The molecule has 1 spiro atoms. The topological polar surface area (TPSA) is 96.4 Å². The first kappa shape index (κ1) is 30.0. The van der Waals surface area contributed by atoms with Crippen LogP contribution in [0.3, 0.4) is 0 Å². The lowest BCUT2D eigenvalue weighted by molar-refractivity contribution is -0.138. The fourth-order valence-electron chi connectivity index (χ4n) is 6.32. The average molecular weight is 583 g/mol. The second kappa shape index (κ2) is 12.4. The Morgan fingerprint density at radius 3 is 2.57 bits per heavy atom. The van der Waals surface area contributed by atoms with E-state index in [2.05, 4.69) is 20.6 Å². The minimum Gasteiger partial charge on any atom is -0.364 e. The minimum atomic E-state index is -4.57. The van der Waals surface area contributed by atoms with Gasteiger partial charge in [0.05, 0.1) is 17.9 Å². The van der Waals surface area contributed by atoms with Crippen molar-refractivity contribution >= 4 is 17.5 Å². The third-order valence-corrected chi connectivity index (χ3v) is 8.46. The van der Waals surface area contributed by atoms with Gasteiger partial charge in [-0.05, 0) is 75.0 Å². The van der Waals surface area contributed by atoms with Crippen molar-refractivity contribution in [3.63, 3.8) is 0 Å². The van der Waals surface area contributed by atoms with Gasteiger partial charge in [0.15, 0.2) is 6.29 Å². The lowest BCUT2D eigenvalue weighted by Gasteiger charge is -2.21. The zero-order valence-electron chi connectivity index (χ0n) is 23.8. The Hall–Kier alpha value is -3.50. The molecule has 2 aliphatic rings. The monoisotopic (exact) mass is 582 g/mol. The number of hydrogen-bond acceptors (Lipinski definition) is 6. The number of benzene rings is 2. The summed E-state index contributed by atoms with van der Waals surface area (Å²) in [5, 5.41) is 16.4. The molecule has 2 saturated carbocycles. The van der Waals surface area contributed by atoms with Gasteiger partial charge in [-0.15, -0.1) is 0 Å². The molecule has 224 valence electrons. The molecule has 7 nitrogen and oxygen atoms in total. The van der Waals surface area contributed by atoms with Crippen LogP contribution in [0.4, 0.5) is 24.8 Å². The number of alkyl halides is 3. The van der Waals surface area contributed by atoms with Crippen molar-refractivity contribution in [2.75, 3.05) is 5.32 Å². The number of ether oxygens (including phenoxy) is 1. The van der Waals surface area contributed by atoms with Gasteiger partial charge in [0.2, 0.25) is 11.9 Å². The molecular weight excluding hydrogens is 545 g/mol. The minimum absolute atomic E-state index is 0.0513. The summed E-state index contributed by atoms with van der Waals surface area (Å²) >= 11 is 0. The lowest BCUT2D eigenvalue weighted by atomic mass is 9.87. The number of aliphatic hydroxyl groups is 1. The molecule has 3 aromatic rings. The van der Waals surface area contributed by atoms with Crippen molar-refractivity contribution in [1.29, 1.82) is 0 Å². The number of carbonyl (C=O) groups is 1. The van der Waals surface area contributed by atoms with Crippen molar-refractivity contribution in [2.24, 2.45) is 17.3 Å². The van der Waals surface area contributed by atoms with Crippen molar-refractivity contribution in [3.05, 3.63) is 83.2 Å². The number of nitrogens with zero attached hydrogens (tertiary/aromatic N) is 2. The van der Waals surface area contributed by atoms with Crippen molar-refractivity contribution in [2.45, 2.75) is 77.5 Å². The molecule has 0 aliphatic heterocycles. The van der Waals surface area contributed by atoms with E-state index in [-0.39, 0.29) is 53.9 Å². The average Bonchev–Trinajstić information content (AvgIpc) is 3.47. The maximum Gasteiger partial charge on any atom is 0.419 e. The molecule has 5 rings (SSSR count). The Kier molecular flexibility index (Phi) is 8.84. The van der Waals surface area contributed by atoms with E-state index in [0.717, 1.165) is 37.4 Å². The van der Waals surface area contributed by atoms with E-state index < -0.39 is 18.0 Å².